The molecule has 0 saturated carbocycles. The highest BCUT2D eigenvalue weighted by atomic mass is 32.2. The Balaban J connectivity index is 2.04. The number of rotatable bonds is 5. The van der Waals surface area contributed by atoms with Crippen LogP contribution in [0.25, 0.3) is 6.08 Å². The van der Waals surface area contributed by atoms with Gasteiger partial charge in [0.2, 0.25) is 0 Å². The van der Waals surface area contributed by atoms with Crippen LogP contribution in [0.4, 0.5) is 0 Å². The molecule has 6 nitrogen and oxygen atoms in total. The molecule has 1 aromatic heterocycles. The van der Waals surface area contributed by atoms with Gasteiger partial charge in [-0.25, -0.2) is 0 Å². The van der Waals surface area contributed by atoms with Gasteiger partial charge in [-0.05, 0) is 12.5 Å². The van der Waals surface area contributed by atoms with Gasteiger partial charge in [0.1, 0.15) is 4.32 Å². The van der Waals surface area contributed by atoms with Gasteiger partial charge in [0.05, 0.1) is 11.1 Å². The molecular formula is C12H13N3O3S2. The van der Waals surface area contributed by atoms with Crippen molar-refractivity contribution in [3.8, 4) is 0 Å². The summed E-state index contributed by atoms with van der Waals surface area (Å²) in [7, 11) is 1.80. The monoisotopic (exact) mass is 311 g/mol. The van der Waals surface area contributed by atoms with Crippen molar-refractivity contribution in [3.05, 3.63) is 22.9 Å². The molecule has 106 valence electrons. The molecule has 0 atom stereocenters. The summed E-state index contributed by atoms with van der Waals surface area (Å²) >= 11 is 6.38. The van der Waals surface area contributed by atoms with Crippen LogP contribution in [0, 0.1) is 0 Å². The van der Waals surface area contributed by atoms with E-state index in [0.29, 0.717) is 22.2 Å². The average molecular weight is 311 g/mol. The standard InChI is InChI=1S/C12H13N3O3S2/c1-14-7-8(6-13-14)5-9-11(18)15(12(19)20-9)4-2-3-10(16)17/h5-7H,2-4H2,1H3,(H,16,17)/b9-5-. The van der Waals surface area contributed by atoms with Crippen molar-refractivity contribution < 1.29 is 14.7 Å². The number of nitrogens with zero attached hydrogens (tertiary/aromatic N) is 3. The highest BCUT2D eigenvalue weighted by Gasteiger charge is 2.31. The summed E-state index contributed by atoms with van der Waals surface area (Å²) in [6, 6.07) is 0. The van der Waals surface area contributed by atoms with Gasteiger partial charge in [0.25, 0.3) is 5.91 Å². The molecule has 20 heavy (non-hydrogen) atoms. The lowest BCUT2D eigenvalue weighted by Gasteiger charge is -2.13. The second-order valence-corrected chi connectivity index (χ2v) is 5.95. The lowest BCUT2D eigenvalue weighted by molar-refractivity contribution is -0.137. The Morgan fingerprint density at radius 1 is 1.60 bits per heavy atom. The number of aliphatic carboxylic acids is 1. The first-order chi connectivity index (χ1) is 9.47. The fourth-order valence-electron chi connectivity index (χ4n) is 1.75. The molecule has 2 heterocycles. The number of aryl methyl sites for hydroxylation is 1. The zero-order chi connectivity index (χ0) is 14.7. The van der Waals surface area contributed by atoms with Crippen molar-refractivity contribution in [1.29, 1.82) is 0 Å². The van der Waals surface area contributed by atoms with Crippen LogP contribution < -0.4 is 0 Å². The van der Waals surface area contributed by atoms with E-state index >= 15 is 0 Å². The van der Waals surface area contributed by atoms with Gasteiger partial charge in [-0.3, -0.25) is 19.2 Å². The molecule has 1 aromatic rings. The molecule has 0 bridgehead atoms. The smallest absolute Gasteiger partial charge is 0.303 e. The second kappa shape index (κ2) is 6.19. The van der Waals surface area contributed by atoms with E-state index in [9.17, 15) is 9.59 Å². The zero-order valence-corrected chi connectivity index (χ0v) is 12.4. The van der Waals surface area contributed by atoms with Crippen LogP contribution in [0.15, 0.2) is 17.3 Å². The van der Waals surface area contributed by atoms with Crippen LogP contribution in [0.5, 0.6) is 0 Å². The third kappa shape index (κ3) is 3.45. The summed E-state index contributed by atoms with van der Waals surface area (Å²) in [5, 5.41) is 12.6. The lowest BCUT2D eigenvalue weighted by atomic mass is 10.3. The van der Waals surface area contributed by atoms with Crippen LogP contribution in [0.3, 0.4) is 0 Å². The Hall–Kier alpha value is -1.67. The van der Waals surface area contributed by atoms with Gasteiger partial charge in [-0.1, -0.05) is 24.0 Å². The summed E-state index contributed by atoms with van der Waals surface area (Å²) in [5.74, 6) is -1.05. The molecule has 2 rings (SSSR count). The Labute approximate surface area is 125 Å². The molecule has 0 spiro atoms. The molecular weight excluding hydrogens is 298 g/mol. The molecule has 1 amide bonds. The van der Waals surface area contributed by atoms with E-state index in [-0.39, 0.29) is 12.3 Å². The minimum absolute atomic E-state index is 0.0265. The van der Waals surface area contributed by atoms with Crippen LogP contribution in [0.2, 0.25) is 0 Å². The van der Waals surface area contributed by atoms with E-state index in [1.807, 2.05) is 0 Å². The van der Waals surface area contributed by atoms with Crippen molar-refractivity contribution in [1.82, 2.24) is 14.7 Å². The Kier molecular flexibility index (Phi) is 4.56. The fraction of sp³-hybridized carbons (Fsp3) is 0.333. The van der Waals surface area contributed by atoms with E-state index in [2.05, 4.69) is 5.10 Å². The second-order valence-electron chi connectivity index (χ2n) is 4.28. The summed E-state index contributed by atoms with van der Waals surface area (Å²) in [5.41, 5.74) is 0.832. The number of carbonyl (C=O) groups is 2. The first-order valence-electron chi connectivity index (χ1n) is 5.93. The molecule has 0 aliphatic carbocycles. The zero-order valence-electron chi connectivity index (χ0n) is 10.8. The number of thioether (sulfide) groups is 1. The molecule has 1 aliphatic rings. The van der Waals surface area contributed by atoms with E-state index in [1.165, 1.54) is 16.7 Å². The first kappa shape index (κ1) is 14.7. The minimum Gasteiger partial charge on any atom is -0.481 e. The van der Waals surface area contributed by atoms with E-state index in [4.69, 9.17) is 17.3 Å². The van der Waals surface area contributed by atoms with Crippen molar-refractivity contribution in [2.24, 2.45) is 7.05 Å². The van der Waals surface area contributed by atoms with Crippen LogP contribution in [0.1, 0.15) is 18.4 Å². The number of hydrogen-bond acceptors (Lipinski definition) is 5. The van der Waals surface area contributed by atoms with Crippen LogP contribution in [-0.4, -0.2) is 42.5 Å². The molecule has 1 N–H and O–H groups in total. The number of carboxylic acid groups (broad SMARTS) is 1. The number of carboxylic acids is 1. The Morgan fingerprint density at radius 2 is 2.35 bits per heavy atom. The quantitative estimate of drug-likeness (QED) is 0.656. The van der Waals surface area contributed by atoms with Crippen molar-refractivity contribution in [2.75, 3.05) is 6.54 Å². The van der Waals surface area contributed by atoms with E-state index < -0.39 is 5.97 Å². The maximum Gasteiger partial charge on any atom is 0.303 e. The third-order valence-corrected chi connectivity index (χ3v) is 4.05. The molecule has 1 saturated heterocycles. The fourth-order valence-corrected chi connectivity index (χ4v) is 3.06. The molecule has 0 radical (unpaired) electrons. The van der Waals surface area contributed by atoms with Crippen molar-refractivity contribution in [2.45, 2.75) is 12.8 Å². The van der Waals surface area contributed by atoms with Crippen LogP contribution in [-0.2, 0) is 16.6 Å². The molecule has 1 aliphatic heterocycles. The summed E-state index contributed by atoms with van der Waals surface area (Å²) < 4.78 is 2.12. The molecule has 8 heteroatoms. The predicted molar refractivity (Wildman–Crippen MR) is 80.0 cm³/mol. The maximum atomic E-state index is 12.2. The normalized spacial score (nSPS) is 17.2. The third-order valence-electron chi connectivity index (χ3n) is 2.67. The van der Waals surface area contributed by atoms with Gasteiger partial charge >= 0.3 is 5.97 Å². The minimum atomic E-state index is -0.874. The Morgan fingerprint density at radius 3 is 2.95 bits per heavy atom. The first-order valence-corrected chi connectivity index (χ1v) is 7.15. The van der Waals surface area contributed by atoms with E-state index in [1.54, 1.807) is 30.2 Å². The van der Waals surface area contributed by atoms with Gasteiger partial charge < -0.3 is 5.11 Å². The lowest BCUT2D eigenvalue weighted by Crippen LogP contribution is -2.29. The van der Waals surface area contributed by atoms with Gasteiger partial charge in [-0.15, -0.1) is 0 Å². The number of aromatic nitrogens is 2. The van der Waals surface area contributed by atoms with Crippen molar-refractivity contribution >= 4 is 46.3 Å². The molecule has 0 unspecified atom stereocenters. The summed E-state index contributed by atoms with van der Waals surface area (Å²) in [4.78, 5) is 24.6. The largest absolute Gasteiger partial charge is 0.481 e. The van der Waals surface area contributed by atoms with Gasteiger partial charge in [0.15, 0.2) is 0 Å². The number of hydrogen-bond donors (Lipinski definition) is 1. The van der Waals surface area contributed by atoms with E-state index in [0.717, 1.165) is 5.56 Å². The van der Waals surface area contributed by atoms with Crippen molar-refractivity contribution in [3.63, 3.8) is 0 Å². The highest BCUT2D eigenvalue weighted by molar-refractivity contribution is 8.26. The predicted octanol–water partition coefficient (Wildman–Crippen LogP) is 1.49. The Bertz CT molecular complexity index is 595. The highest BCUT2D eigenvalue weighted by Crippen LogP contribution is 2.32. The SMILES string of the molecule is Cn1cc(/C=C2\SC(=S)N(CCCC(=O)O)C2=O)cn1. The number of carbonyl (C=O) groups excluding carboxylic acids is 1. The number of thiocarbonyl (C=S) groups is 1. The van der Waals surface area contributed by atoms with Gasteiger partial charge in [0, 0.05) is 31.8 Å². The summed E-state index contributed by atoms with van der Waals surface area (Å²) in [6.45, 7) is 0.335. The molecule has 0 aromatic carbocycles. The molecule has 1 fully saturated rings. The summed E-state index contributed by atoms with van der Waals surface area (Å²) in [6.07, 6.45) is 5.62. The number of amides is 1. The average Bonchev–Trinajstić information content (AvgIpc) is 2.88. The maximum absolute atomic E-state index is 12.2. The topological polar surface area (TPSA) is 75.4 Å². The van der Waals surface area contributed by atoms with Crippen LogP contribution >= 0.6 is 24.0 Å². The van der Waals surface area contributed by atoms with Gasteiger partial charge in [-0.2, -0.15) is 5.10 Å².